The van der Waals surface area contributed by atoms with Gasteiger partial charge in [-0.1, -0.05) is 18.2 Å². The van der Waals surface area contributed by atoms with Crippen molar-refractivity contribution in [3.63, 3.8) is 0 Å². The number of carbonyl (C=O) groups excluding carboxylic acids is 1. The van der Waals surface area contributed by atoms with E-state index < -0.39 is 0 Å². The Morgan fingerprint density at radius 3 is 2.62 bits per heavy atom. The number of fused-ring (bicyclic) bond motifs is 3. The molecule has 3 fully saturated rings. The van der Waals surface area contributed by atoms with Crippen LogP contribution in [0.3, 0.4) is 0 Å². The molecule has 2 bridgehead atoms. The van der Waals surface area contributed by atoms with Crippen LogP contribution in [0.25, 0.3) is 0 Å². The van der Waals surface area contributed by atoms with Crippen molar-refractivity contribution in [2.45, 2.75) is 18.9 Å². The third-order valence-corrected chi connectivity index (χ3v) is 4.95. The Bertz CT molecular complexity index is 607. The number of anilines is 1. The van der Waals surface area contributed by atoms with Crippen LogP contribution in [-0.2, 0) is 0 Å². The second-order valence-electron chi connectivity index (χ2n) is 6.50. The second-order valence-corrected chi connectivity index (χ2v) is 6.50. The number of hydrogen-bond acceptors (Lipinski definition) is 4. The average molecular weight is 327 g/mol. The van der Waals surface area contributed by atoms with Crippen LogP contribution in [0, 0.1) is 11.3 Å². The summed E-state index contributed by atoms with van der Waals surface area (Å²) in [7, 11) is 1.83. The van der Waals surface area contributed by atoms with Gasteiger partial charge in [-0.25, -0.2) is 4.79 Å². The molecule has 24 heavy (non-hydrogen) atoms. The molecule has 0 saturated carbocycles. The van der Waals surface area contributed by atoms with Crippen molar-refractivity contribution in [3.05, 3.63) is 42.6 Å². The third kappa shape index (κ3) is 3.94. The number of amidine groups is 1. The van der Waals surface area contributed by atoms with Gasteiger partial charge in [0.05, 0.1) is 0 Å². The highest BCUT2D eigenvalue weighted by atomic mass is 16.2. The van der Waals surface area contributed by atoms with Gasteiger partial charge in [0.1, 0.15) is 5.84 Å². The highest BCUT2D eigenvalue weighted by Crippen LogP contribution is 2.30. The van der Waals surface area contributed by atoms with E-state index in [9.17, 15) is 4.79 Å². The van der Waals surface area contributed by atoms with Crippen LogP contribution in [0.5, 0.6) is 0 Å². The van der Waals surface area contributed by atoms with E-state index in [-0.39, 0.29) is 17.9 Å². The van der Waals surface area contributed by atoms with Crippen LogP contribution in [0.1, 0.15) is 12.8 Å². The van der Waals surface area contributed by atoms with Crippen molar-refractivity contribution < 1.29 is 4.79 Å². The number of hydrogen-bond donors (Lipinski definition) is 3. The predicted octanol–water partition coefficient (Wildman–Crippen LogP) is 2.33. The fourth-order valence-corrected chi connectivity index (χ4v) is 3.52. The van der Waals surface area contributed by atoms with E-state index in [4.69, 9.17) is 5.41 Å². The van der Waals surface area contributed by atoms with Crippen LogP contribution in [0.4, 0.5) is 10.5 Å². The molecule has 3 heterocycles. The molecule has 1 aromatic rings. The maximum atomic E-state index is 12.4. The van der Waals surface area contributed by atoms with Crippen LogP contribution in [0.2, 0.25) is 0 Å². The normalized spacial score (nSPS) is 25.5. The SMILES string of the molecule is CN(C(=O)NC(=N)/C=C\Nc1ccccc1)[C@H]1CN2CCC1CC2. The van der Waals surface area contributed by atoms with Gasteiger partial charge in [-0.3, -0.25) is 10.7 Å². The van der Waals surface area contributed by atoms with E-state index in [1.807, 2.05) is 37.4 Å². The van der Waals surface area contributed by atoms with E-state index in [1.54, 1.807) is 17.2 Å². The molecule has 1 aromatic carbocycles. The molecule has 4 rings (SSSR count). The molecule has 3 N–H and O–H groups in total. The summed E-state index contributed by atoms with van der Waals surface area (Å²) in [6, 6.07) is 9.75. The summed E-state index contributed by atoms with van der Waals surface area (Å²) >= 11 is 0. The van der Waals surface area contributed by atoms with E-state index in [2.05, 4.69) is 15.5 Å². The predicted molar refractivity (Wildman–Crippen MR) is 96.2 cm³/mol. The Labute approximate surface area is 143 Å². The molecule has 3 aliphatic heterocycles. The number of rotatable bonds is 4. The number of urea groups is 1. The van der Waals surface area contributed by atoms with E-state index in [1.165, 1.54) is 12.8 Å². The molecule has 0 spiro atoms. The zero-order chi connectivity index (χ0) is 16.9. The van der Waals surface area contributed by atoms with Gasteiger partial charge in [-0.05, 0) is 50.1 Å². The molecule has 0 aromatic heterocycles. The van der Waals surface area contributed by atoms with Gasteiger partial charge in [0, 0.05) is 31.5 Å². The molecule has 3 aliphatic rings. The molecule has 128 valence electrons. The van der Waals surface area contributed by atoms with Gasteiger partial charge in [-0.2, -0.15) is 0 Å². The van der Waals surface area contributed by atoms with Crippen molar-refractivity contribution >= 4 is 17.6 Å². The summed E-state index contributed by atoms with van der Waals surface area (Å²) in [6.07, 6.45) is 5.54. The first-order chi connectivity index (χ1) is 11.6. The highest BCUT2D eigenvalue weighted by molar-refractivity contribution is 6.02. The number of benzene rings is 1. The smallest absolute Gasteiger partial charge is 0.323 e. The third-order valence-electron chi connectivity index (χ3n) is 4.95. The zero-order valence-corrected chi connectivity index (χ0v) is 14.0. The number of para-hydroxylation sites is 1. The summed E-state index contributed by atoms with van der Waals surface area (Å²) in [5, 5.41) is 13.6. The van der Waals surface area contributed by atoms with Gasteiger partial charge in [0.15, 0.2) is 0 Å². The van der Waals surface area contributed by atoms with Gasteiger partial charge in [0.2, 0.25) is 0 Å². The Kier molecular flexibility index (Phi) is 5.15. The Hall–Kier alpha value is -2.34. The molecular formula is C18H25N5O. The van der Waals surface area contributed by atoms with Crippen molar-refractivity contribution in [2.24, 2.45) is 5.92 Å². The average Bonchev–Trinajstić information content (AvgIpc) is 2.63. The van der Waals surface area contributed by atoms with Crippen LogP contribution < -0.4 is 10.6 Å². The minimum Gasteiger partial charge on any atom is -0.362 e. The van der Waals surface area contributed by atoms with Crippen molar-refractivity contribution in [2.75, 3.05) is 32.0 Å². The van der Waals surface area contributed by atoms with Crippen molar-refractivity contribution in [1.29, 1.82) is 5.41 Å². The minimum atomic E-state index is -0.205. The fraction of sp³-hybridized carbons (Fsp3) is 0.444. The summed E-state index contributed by atoms with van der Waals surface area (Å²) < 4.78 is 0. The molecule has 0 unspecified atom stereocenters. The summed E-state index contributed by atoms with van der Waals surface area (Å²) in [5.74, 6) is 0.673. The van der Waals surface area contributed by atoms with Crippen molar-refractivity contribution in [1.82, 2.24) is 15.1 Å². The van der Waals surface area contributed by atoms with E-state index in [0.29, 0.717) is 5.92 Å². The van der Waals surface area contributed by atoms with Crippen molar-refractivity contribution in [3.8, 4) is 0 Å². The highest BCUT2D eigenvalue weighted by Gasteiger charge is 2.37. The lowest BCUT2D eigenvalue weighted by molar-refractivity contribution is 0.0320. The van der Waals surface area contributed by atoms with Crippen LogP contribution in [0.15, 0.2) is 42.6 Å². The quantitative estimate of drug-likeness (QED) is 0.587. The molecule has 6 heteroatoms. The molecule has 0 radical (unpaired) electrons. The molecule has 0 aliphatic carbocycles. The molecule has 6 nitrogen and oxygen atoms in total. The largest absolute Gasteiger partial charge is 0.362 e. The summed E-state index contributed by atoms with van der Waals surface area (Å²) in [5.41, 5.74) is 0.942. The Morgan fingerprint density at radius 1 is 1.29 bits per heavy atom. The van der Waals surface area contributed by atoms with Gasteiger partial charge in [-0.15, -0.1) is 0 Å². The number of piperidine rings is 3. The molecule has 1 atom stereocenters. The standard InChI is InChI=1S/C18H25N5O/c1-22(16-13-23-11-8-14(16)9-12-23)18(24)21-17(19)7-10-20-15-5-3-2-4-6-15/h2-7,10,14,16,20H,8-9,11-13H2,1H3,(H2,19,21,24)/b10-7-/t16-/m0/s1. The van der Waals surface area contributed by atoms with E-state index in [0.717, 1.165) is 25.3 Å². The maximum absolute atomic E-state index is 12.4. The number of nitrogens with zero attached hydrogens (tertiary/aromatic N) is 2. The first kappa shape index (κ1) is 16.5. The van der Waals surface area contributed by atoms with Crippen LogP contribution >= 0.6 is 0 Å². The topological polar surface area (TPSA) is 71.5 Å². The van der Waals surface area contributed by atoms with Crippen LogP contribution in [-0.4, -0.2) is 54.4 Å². The first-order valence-corrected chi connectivity index (χ1v) is 8.46. The lowest BCUT2D eigenvalue weighted by Gasteiger charge is -2.47. The number of nitrogens with one attached hydrogen (secondary N) is 3. The van der Waals surface area contributed by atoms with E-state index >= 15 is 0 Å². The van der Waals surface area contributed by atoms with Gasteiger partial charge >= 0.3 is 6.03 Å². The number of amides is 2. The molecule has 2 amide bonds. The zero-order valence-electron chi connectivity index (χ0n) is 14.0. The Morgan fingerprint density at radius 2 is 2.00 bits per heavy atom. The fourth-order valence-electron chi connectivity index (χ4n) is 3.52. The number of likely N-dealkylation sites (N-methyl/N-ethyl adjacent to an activating group) is 1. The first-order valence-electron chi connectivity index (χ1n) is 8.46. The van der Waals surface area contributed by atoms with Gasteiger partial charge < -0.3 is 15.1 Å². The number of carbonyl (C=O) groups is 1. The summed E-state index contributed by atoms with van der Waals surface area (Å²) in [6.45, 7) is 3.26. The monoisotopic (exact) mass is 327 g/mol. The lowest BCUT2D eigenvalue weighted by atomic mass is 9.83. The molecular weight excluding hydrogens is 302 g/mol. The molecule has 3 saturated heterocycles. The lowest BCUT2D eigenvalue weighted by Crippen LogP contribution is -2.59. The minimum absolute atomic E-state index is 0.0801. The Balaban J connectivity index is 1.48. The summed E-state index contributed by atoms with van der Waals surface area (Å²) in [4.78, 5) is 16.6. The second kappa shape index (κ2) is 7.49. The van der Waals surface area contributed by atoms with Gasteiger partial charge in [0.25, 0.3) is 0 Å². The maximum Gasteiger partial charge on any atom is 0.323 e.